The molecular weight excluding hydrogens is 308 g/mol. The van der Waals surface area contributed by atoms with E-state index >= 15 is 0 Å². The highest BCUT2D eigenvalue weighted by atomic mass is 35.5. The molecular formula is C15H15ClN2O2S. The molecule has 0 atom stereocenters. The molecule has 2 rings (SSSR count). The molecule has 0 saturated carbocycles. The van der Waals surface area contributed by atoms with Gasteiger partial charge in [0.1, 0.15) is 0 Å². The fourth-order valence-electron chi connectivity index (χ4n) is 1.89. The summed E-state index contributed by atoms with van der Waals surface area (Å²) in [6.07, 6.45) is 0.807. The molecule has 0 aliphatic heterocycles. The highest BCUT2D eigenvalue weighted by molar-refractivity contribution is 7.12. The number of carbonyl (C=O) groups excluding carboxylic acids is 2. The average molecular weight is 323 g/mol. The van der Waals surface area contributed by atoms with Crippen molar-refractivity contribution in [3.8, 4) is 0 Å². The molecule has 1 aromatic carbocycles. The van der Waals surface area contributed by atoms with Gasteiger partial charge in [-0.2, -0.15) is 0 Å². The van der Waals surface area contributed by atoms with E-state index in [-0.39, 0.29) is 11.8 Å². The van der Waals surface area contributed by atoms with Gasteiger partial charge in [0, 0.05) is 12.6 Å². The Morgan fingerprint density at radius 3 is 2.62 bits per heavy atom. The van der Waals surface area contributed by atoms with E-state index in [0.29, 0.717) is 21.3 Å². The van der Waals surface area contributed by atoms with Crippen LogP contribution in [-0.4, -0.2) is 11.8 Å². The number of hydrogen-bond donors (Lipinski definition) is 2. The average Bonchev–Trinajstić information content (AvgIpc) is 2.89. The zero-order valence-electron chi connectivity index (χ0n) is 11.7. The fourth-order valence-corrected chi connectivity index (χ4v) is 3.01. The highest BCUT2D eigenvalue weighted by Crippen LogP contribution is 2.27. The number of hydrogen-bond acceptors (Lipinski definition) is 3. The summed E-state index contributed by atoms with van der Waals surface area (Å²) >= 11 is 7.54. The van der Waals surface area contributed by atoms with Crippen LogP contribution < -0.4 is 10.6 Å². The van der Waals surface area contributed by atoms with Gasteiger partial charge in [0.15, 0.2) is 0 Å². The molecule has 1 aromatic heterocycles. The lowest BCUT2D eigenvalue weighted by Crippen LogP contribution is -2.12. The van der Waals surface area contributed by atoms with Gasteiger partial charge in [0.2, 0.25) is 5.91 Å². The van der Waals surface area contributed by atoms with Crippen molar-refractivity contribution in [2.45, 2.75) is 20.3 Å². The molecule has 0 aliphatic rings. The maximum Gasteiger partial charge on any atom is 0.266 e. The summed E-state index contributed by atoms with van der Waals surface area (Å²) in [5, 5.41) is 7.71. The number of halogens is 1. The van der Waals surface area contributed by atoms with E-state index in [1.807, 2.05) is 18.4 Å². The molecule has 21 heavy (non-hydrogen) atoms. The quantitative estimate of drug-likeness (QED) is 0.887. The van der Waals surface area contributed by atoms with Gasteiger partial charge in [-0.25, -0.2) is 0 Å². The molecule has 0 spiro atoms. The summed E-state index contributed by atoms with van der Waals surface area (Å²) in [7, 11) is 0. The van der Waals surface area contributed by atoms with Crippen LogP contribution in [-0.2, 0) is 11.2 Å². The Balaban J connectivity index is 2.16. The zero-order chi connectivity index (χ0) is 15.4. The summed E-state index contributed by atoms with van der Waals surface area (Å²) in [6, 6.07) is 6.91. The largest absolute Gasteiger partial charge is 0.326 e. The minimum Gasteiger partial charge on any atom is -0.326 e. The van der Waals surface area contributed by atoms with Crippen molar-refractivity contribution in [2.24, 2.45) is 0 Å². The second-order valence-electron chi connectivity index (χ2n) is 4.46. The van der Waals surface area contributed by atoms with Crippen LogP contribution in [0.15, 0.2) is 29.6 Å². The molecule has 0 saturated heterocycles. The number of benzene rings is 1. The van der Waals surface area contributed by atoms with Gasteiger partial charge in [-0.3, -0.25) is 9.59 Å². The molecule has 2 aromatic rings. The Kier molecular flexibility index (Phi) is 4.98. The minimum atomic E-state index is -0.172. The van der Waals surface area contributed by atoms with Crippen LogP contribution in [0.2, 0.25) is 5.02 Å². The van der Waals surface area contributed by atoms with Crippen LogP contribution in [0.1, 0.15) is 29.1 Å². The summed E-state index contributed by atoms with van der Waals surface area (Å²) < 4.78 is 0. The van der Waals surface area contributed by atoms with Crippen LogP contribution in [0.3, 0.4) is 0 Å². The van der Waals surface area contributed by atoms with E-state index in [4.69, 9.17) is 11.6 Å². The third kappa shape index (κ3) is 3.83. The van der Waals surface area contributed by atoms with E-state index in [1.165, 1.54) is 18.3 Å². The predicted octanol–water partition coefficient (Wildman–Crippen LogP) is 4.17. The van der Waals surface area contributed by atoms with E-state index in [9.17, 15) is 9.59 Å². The fraction of sp³-hybridized carbons (Fsp3) is 0.200. The van der Waals surface area contributed by atoms with Gasteiger partial charge in [-0.05, 0) is 41.6 Å². The van der Waals surface area contributed by atoms with E-state index in [0.717, 1.165) is 12.0 Å². The van der Waals surface area contributed by atoms with E-state index in [1.54, 1.807) is 18.2 Å². The Morgan fingerprint density at radius 2 is 2.00 bits per heavy atom. The van der Waals surface area contributed by atoms with Crippen molar-refractivity contribution >= 4 is 46.1 Å². The lowest BCUT2D eigenvalue weighted by atomic mass is 10.2. The maximum atomic E-state index is 12.2. The van der Waals surface area contributed by atoms with Crippen LogP contribution in [0, 0.1) is 0 Å². The number of anilines is 2. The lowest BCUT2D eigenvalue weighted by molar-refractivity contribution is -0.114. The van der Waals surface area contributed by atoms with Crippen LogP contribution in [0.4, 0.5) is 11.4 Å². The van der Waals surface area contributed by atoms with Crippen molar-refractivity contribution in [3.63, 3.8) is 0 Å². The second-order valence-corrected chi connectivity index (χ2v) is 5.78. The smallest absolute Gasteiger partial charge is 0.266 e. The number of thiophene rings is 1. The maximum absolute atomic E-state index is 12.2. The van der Waals surface area contributed by atoms with Gasteiger partial charge >= 0.3 is 0 Å². The minimum absolute atomic E-state index is 0.170. The van der Waals surface area contributed by atoms with E-state index < -0.39 is 0 Å². The Hall–Kier alpha value is -1.85. The zero-order valence-corrected chi connectivity index (χ0v) is 13.3. The van der Waals surface area contributed by atoms with Gasteiger partial charge in [0.25, 0.3) is 5.91 Å². The standard InChI is InChI=1S/C15H15ClN2O2S/c1-3-10-6-7-21-14(10)15(20)18-13-5-4-11(8-12(13)16)17-9(2)19/h4-8H,3H2,1-2H3,(H,17,19)(H,18,20). The van der Waals surface area contributed by atoms with Gasteiger partial charge in [0.05, 0.1) is 15.6 Å². The molecule has 0 unspecified atom stereocenters. The first-order chi connectivity index (χ1) is 10.0. The van der Waals surface area contributed by atoms with E-state index in [2.05, 4.69) is 10.6 Å². The summed E-state index contributed by atoms with van der Waals surface area (Å²) in [6.45, 7) is 3.43. The first-order valence-corrected chi connectivity index (χ1v) is 7.72. The molecule has 2 amide bonds. The molecule has 110 valence electrons. The predicted molar refractivity (Wildman–Crippen MR) is 87.4 cm³/mol. The number of aryl methyl sites for hydroxylation is 1. The third-order valence-corrected chi connectivity index (χ3v) is 4.14. The van der Waals surface area contributed by atoms with Crippen LogP contribution in [0.25, 0.3) is 0 Å². The van der Waals surface area contributed by atoms with Gasteiger partial charge in [-0.1, -0.05) is 18.5 Å². The molecule has 2 N–H and O–H groups in total. The molecule has 0 radical (unpaired) electrons. The first kappa shape index (κ1) is 15.5. The molecule has 0 bridgehead atoms. The first-order valence-electron chi connectivity index (χ1n) is 6.46. The second kappa shape index (κ2) is 6.74. The molecule has 0 aliphatic carbocycles. The SMILES string of the molecule is CCc1ccsc1C(=O)Nc1ccc(NC(C)=O)cc1Cl. The van der Waals surface area contributed by atoms with Crippen molar-refractivity contribution < 1.29 is 9.59 Å². The Morgan fingerprint density at radius 1 is 1.24 bits per heavy atom. The number of carbonyl (C=O) groups is 2. The Bertz CT molecular complexity index is 682. The summed E-state index contributed by atoms with van der Waals surface area (Å²) in [4.78, 5) is 23.9. The highest BCUT2D eigenvalue weighted by Gasteiger charge is 2.13. The monoisotopic (exact) mass is 322 g/mol. The van der Waals surface area contributed by atoms with Gasteiger partial charge < -0.3 is 10.6 Å². The normalized spacial score (nSPS) is 10.2. The third-order valence-electron chi connectivity index (χ3n) is 2.87. The molecule has 4 nitrogen and oxygen atoms in total. The summed E-state index contributed by atoms with van der Waals surface area (Å²) in [5.41, 5.74) is 2.13. The number of rotatable bonds is 4. The van der Waals surface area contributed by atoms with Crippen molar-refractivity contribution in [1.82, 2.24) is 0 Å². The molecule has 0 fully saturated rings. The topological polar surface area (TPSA) is 58.2 Å². The molecule has 6 heteroatoms. The van der Waals surface area contributed by atoms with Crippen molar-refractivity contribution in [1.29, 1.82) is 0 Å². The van der Waals surface area contributed by atoms with Crippen molar-refractivity contribution in [3.05, 3.63) is 45.1 Å². The Labute approximate surface area is 132 Å². The van der Waals surface area contributed by atoms with Crippen LogP contribution >= 0.6 is 22.9 Å². The summed E-state index contributed by atoms with van der Waals surface area (Å²) in [5.74, 6) is -0.343. The van der Waals surface area contributed by atoms with Crippen LogP contribution in [0.5, 0.6) is 0 Å². The lowest BCUT2D eigenvalue weighted by Gasteiger charge is -2.09. The van der Waals surface area contributed by atoms with Crippen molar-refractivity contribution in [2.75, 3.05) is 10.6 Å². The van der Waals surface area contributed by atoms with Gasteiger partial charge in [-0.15, -0.1) is 11.3 Å². The molecule has 1 heterocycles. The number of amides is 2. The number of nitrogens with one attached hydrogen (secondary N) is 2.